The normalized spacial score (nSPS) is 13.6. The van der Waals surface area contributed by atoms with Crippen molar-refractivity contribution in [1.82, 2.24) is 5.32 Å². The van der Waals surface area contributed by atoms with E-state index < -0.39 is 5.60 Å². The quantitative estimate of drug-likeness (QED) is 0.903. The van der Waals surface area contributed by atoms with Gasteiger partial charge in [-0.05, 0) is 30.7 Å². The largest absolute Gasteiger partial charge is 0.384 e. The van der Waals surface area contributed by atoms with E-state index in [0.717, 1.165) is 10.0 Å². The van der Waals surface area contributed by atoms with Crippen molar-refractivity contribution in [2.75, 3.05) is 6.54 Å². The SMILES string of the molecule is C[C@@](O)(CNC(=O)c1cccc(Br)c1)c1ccccc1. The van der Waals surface area contributed by atoms with Gasteiger partial charge in [0.15, 0.2) is 0 Å². The van der Waals surface area contributed by atoms with Crippen molar-refractivity contribution in [1.29, 1.82) is 0 Å². The minimum Gasteiger partial charge on any atom is -0.384 e. The Labute approximate surface area is 126 Å². The number of amides is 1. The fourth-order valence-electron chi connectivity index (χ4n) is 1.88. The summed E-state index contributed by atoms with van der Waals surface area (Å²) in [6.07, 6.45) is 0. The van der Waals surface area contributed by atoms with Gasteiger partial charge < -0.3 is 10.4 Å². The van der Waals surface area contributed by atoms with Gasteiger partial charge in [0.1, 0.15) is 5.60 Å². The molecule has 2 aromatic rings. The zero-order valence-electron chi connectivity index (χ0n) is 11.1. The van der Waals surface area contributed by atoms with Gasteiger partial charge >= 0.3 is 0 Å². The summed E-state index contributed by atoms with van der Waals surface area (Å²) in [5.74, 6) is -0.206. The molecule has 20 heavy (non-hydrogen) atoms. The van der Waals surface area contributed by atoms with Gasteiger partial charge in [0.2, 0.25) is 0 Å². The molecule has 0 bridgehead atoms. The van der Waals surface area contributed by atoms with Gasteiger partial charge in [0.05, 0.1) is 6.54 Å². The number of benzene rings is 2. The van der Waals surface area contributed by atoms with E-state index in [1.165, 1.54) is 0 Å². The van der Waals surface area contributed by atoms with Crippen LogP contribution in [0.2, 0.25) is 0 Å². The molecule has 2 rings (SSSR count). The summed E-state index contributed by atoms with van der Waals surface area (Å²) in [5, 5.41) is 13.2. The molecule has 1 atom stereocenters. The van der Waals surface area contributed by atoms with E-state index in [2.05, 4.69) is 21.2 Å². The molecule has 2 N–H and O–H groups in total. The molecule has 0 unspecified atom stereocenters. The number of hydrogen-bond donors (Lipinski definition) is 2. The first-order valence-corrected chi connectivity index (χ1v) is 7.10. The Balaban J connectivity index is 2.03. The maximum absolute atomic E-state index is 12.0. The van der Waals surface area contributed by atoms with Crippen LogP contribution in [0.5, 0.6) is 0 Å². The molecule has 0 aromatic heterocycles. The summed E-state index contributed by atoms with van der Waals surface area (Å²) in [4.78, 5) is 12.0. The first kappa shape index (κ1) is 14.8. The molecule has 0 aliphatic rings. The van der Waals surface area contributed by atoms with Crippen molar-refractivity contribution in [2.24, 2.45) is 0 Å². The minimum absolute atomic E-state index is 0.155. The Morgan fingerprint density at radius 1 is 1.20 bits per heavy atom. The van der Waals surface area contributed by atoms with E-state index in [1.54, 1.807) is 25.1 Å². The van der Waals surface area contributed by atoms with Crippen molar-refractivity contribution in [3.05, 3.63) is 70.2 Å². The number of rotatable bonds is 4. The number of hydrogen-bond acceptors (Lipinski definition) is 2. The number of nitrogens with one attached hydrogen (secondary N) is 1. The van der Waals surface area contributed by atoms with Crippen LogP contribution in [-0.2, 0) is 5.60 Å². The third kappa shape index (κ3) is 3.68. The van der Waals surface area contributed by atoms with Crippen LogP contribution in [0.3, 0.4) is 0 Å². The third-order valence-corrected chi connectivity index (χ3v) is 3.57. The molecule has 3 nitrogen and oxygen atoms in total. The van der Waals surface area contributed by atoms with Gasteiger partial charge in [-0.1, -0.05) is 52.3 Å². The van der Waals surface area contributed by atoms with Crippen molar-refractivity contribution in [3.63, 3.8) is 0 Å². The number of carbonyl (C=O) groups is 1. The van der Waals surface area contributed by atoms with Crippen molar-refractivity contribution < 1.29 is 9.90 Å². The van der Waals surface area contributed by atoms with E-state index in [1.807, 2.05) is 36.4 Å². The van der Waals surface area contributed by atoms with Crippen LogP contribution < -0.4 is 5.32 Å². The molecular weight excluding hydrogens is 318 g/mol. The average Bonchev–Trinajstić information content (AvgIpc) is 2.46. The van der Waals surface area contributed by atoms with Crippen molar-refractivity contribution in [3.8, 4) is 0 Å². The molecule has 104 valence electrons. The lowest BCUT2D eigenvalue weighted by Gasteiger charge is -2.24. The lowest BCUT2D eigenvalue weighted by Crippen LogP contribution is -2.38. The molecule has 0 heterocycles. The van der Waals surface area contributed by atoms with Crippen LogP contribution in [0.15, 0.2) is 59.1 Å². The van der Waals surface area contributed by atoms with Gasteiger partial charge in [0, 0.05) is 10.0 Å². The minimum atomic E-state index is -1.09. The molecular formula is C16H16BrNO2. The predicted molar refractivity (Wildman–Crippen MR) is 82.5 cm³/mol. The van der Waals surface area contributed by atoms with Crippen LogP contribution in [0, 0.1) is 0 Å². The second-order valence-corrected chi connectivity index (χ2v) is 5.75. The summed E-state index contributed by atoms with van der Waals surface area (Å²) < 4.78 is 0.847. The van der Waals surface area contributed by atoms with Gasteiger partial charge in [-0.2, -0.15) is 0 Å². The molecule has 0 saturated carbocycles. The first-order valence-electron chi connectivity index (χ1n) is 6.31. The molecule has 0 radical (unpaired) electrons. The number of carbonyl (C=O) groups excluding carboxylic acids is 1. The summed E-state index contributed by atoms with van der Waals surface area (Å²) in [5.41, 5.74) is 0.237. The highest BCUT2D eigenvalue weighted by Gasteiger charge is 2.23. The van der Waals surface area contributed by atoms with Crippen molar-refractivity contribution >= 4 is 21.8 Å². The fraction of sp³-hybridized carbons (Fsp3) is 0.188. The Bertz CT molecular complexity index is 596. The van der Waals surface area contributed by atoms with Crippen LogP contribution in [0.1, 0.15) is 22.8 Å². The van der Waals surface area contributed by atoms with Gasteiger partial charge in [0.25, 0.3) is 5.91 Å². The summed E-state index contributed by atoms with van der Waals surface area (Å²) in [7, 11) is 0. The van der Waals surface area contributed by atoms with Gasteiger partial charge in [-0.3, -0.25) is 4.79 Å². The summed E-state index contributed by atoms with van der Waals surface area (Å²) >= 11 is 3.33. The van der Waals surface area contributed by atoms with Gasteiger partial charge in [-0.15, -0.1) is 0 Å². The van der Waals surface area contributed by atoms with Crippen LogP contribution in [0.25, 0.3) is 0 Å². The number of aliphatic hydroxyl groups is 1. The summed E-state index contributed by atoms with van der Waals surface area (Å²) in [6, 6.07) is 16.4. The Morgan fingerprint density at radius 3 is 2.55 bits per heavy atom. The highest BCUT2D eigenvalue weighted by atomic mass is 79.9. The van der Waals surface area contributed by atoms with E-state index in [4.69, 9.17) is 0 Å². The van der Waals surface area contributed by atoms with Crippen molar-refractivity contribution in [2.45, 2.75) is 12.5 Å². The molecule has 0 aliphatic carbocycles. The molecule has 4 heteroatoms. The zero-order valence-corrected chi connectivity index (χ0v) is 12.7. The first-order chi connectivity index (χ1) is 9.49. The topological polar surface area (TPSA) is 49.3 Å². The zero-order chi connectivity index (χ0) is 14.6. The Morgan fingerprint density at radius 2 is 1.90 bits per heavy atom. The Hall–Kier alpha value is -1.65. The van der Waals surface area contributed by atoms with Gasteiger partial charge in [-0.25, -0.2) is 0 Å². The van der Waals surface area contributed by atoms with Crippen LogP contribution in [0.4, 0.5) is 0 Å². The standard InChI is InChI=1S/C16H16BrNO2/c1-16(20,13-7-3-2-4-8-13)11-18-15(19)12-6-5-9-14(17)10-12/h2-10,20H,11H2,1H3,(H,18,19)/t16-/m1/s1. The average molecular weight is 334 g/mol. The predicted octanol–water partition coefficient (Wildman–Crippen LogP) is 3.09. The monoisotopic (exact) mass is 333 g/mol. The molecule has 2 aromatic carbocycles. The fourth-order valence-corrected chi connectivity index (χ4v) is 2.28. The molecule has 0 saturated heterocycles. The molecule has 1 amide bonds. The van der Waals surface area contributed by atoms with E-state index in [0.29, 0.717) is 5.56 Å². The number of halogens is 1. The Kier molecular flexibility index (Phi) is 4.57. The molecule has 0 fully saturated rings. The van der Waals surface area contributed by atoms with E-state index in [9.17, 15) is 9.90 Å². The second kappa shape index (κ2) is 6.20. The highest BCUT2D eigenvalue weighted by molar-refractivity contribution is 9.10. The highest BCUT2D eigenvalue weighted by Crippen LogP contribution is 2.19. The van der Waals surface area contributed by atoms with Crippen LogP contribution >= 0.6 is 15.9 Å². The smallest absolute Gasteiger partial charge is 0.251 e. The molecule has 0 aliphatic heterocycles. The van der Waals surface area contributed by atoms with Crippen LogP contribution in [-0.4, -0.2) is 17.6 Å². The van der Waals surface area contributed by atoms with E-state index >= 15 is 0 Å². The lowest BCUT2D eigenvalue weighted by molar-refractivity contribution is 0.0526. The van der Waals surface area contributed by atoms with E-state index in [-0.39, 0.29) is 12.5 Å². The maximum atomic E-state index is 12.0. The maximum Gasteiger partial charge on any atom is 0.251 e. The lowest BCUT2D eigenvalue weighted by atomic mass is 9.96. The third-order valence-electron chi connectivity index (χ3n) is 3.08. The molecule has 0 spiro atoms. The second-order valence-electron chi connectivity index (χ2n) is 4.83. The summed E-state index contributed by atoms with van der Waals surface area (Å²) in [6.45, 7) is 1.84.